The summed E-state index contributed by atoms with van der Waals surface area (Å²) in [6.07, 6.45) is 0. The standard InChI is InChI=1S/C20H19N5S2/c1-13-7-9-16(10-8-13)19-21-17(11-26-19)12-27-20-22-23-24-25(20)18-6-4-5-14(2)15(18)3/h4-11H,12H2,1-3H3. The van der Waals surface area contributed by atoms with Gasteiger partial charge in [0.1, 0.15) is 5.01 Å². The van der Waals surface area contributed by atoms with Crippen LogP contribution >= 0.6 is 23.1 Å². The number of aromatic nitrogens is 5. The number of rotatable bonds is 5. The highest BCUT2D eigenvalue weighted by atomic mass is 32.2. The lowest BCUT2D eigenvalue weighted by Gasteiger charge is -2.09. The zero-order valence-corrected chi connectivity index (χ0v) is 17.0. The number of thioether (sulfide) groups is 1. The lowest BCUT2D eigenvalue weighted by molar-refractivity contribution is 0.751. The Hall–Kier alpha value is -2.51. The van der Waals surface area contributed by atoms with Crippen LogP contribution in [0.5, 0.6) is 0 Å². The zero-order valence-electron chi connectivity index (χ0n) is 15.4. The minimum absolute atomic E-state index is 0.730. The number of benzene rings is 2. The highest BCUT2D eigenvalue weighted by Crippen LogP contribution is 2.28. The number of hydrogen-bond donors (Lipinski definition) is 0. The summed E-state index contributed by atoms with van der Waals surface area (Å²) >= 11 is 3.27. The van der Waals surface area contributed by atoms with E-state index in [1.165, 1.54) is 16.7 Å². The van der Waals surface area contributed by atoms with Crippen molar-refractivity contribution in [3.63, 3.8) is 0 Å². The molecule has 2 aromatic heterocycles. The van der Waals surface area contributed by atoms with Gasteiger partial charge in [-0.25, -0.2) is 4.98 Å². The molecule has 5 nitrogen and oxygen atoms in total. The van der Waals surface area contributed by atoms with Crippen LogP contribution in [-0.2, 0) is 5.75 Å². The topological polar surface area (TPSA) is 56.5 Å². The van der Waals surface area contributed by atoms with E-state index in [-0.39, 0.29) is 0 Å². The predicted octanol–water partition coefficient (Wildman–Crippen LogP) is 5.00. The van der Waals surface area contributed by atoms with E-state index in [1.54, 1.807) is 27.8 Å². The Bertz CT molecular complexity index is 1070. The minimum atomic E-state index is 0.730. The fourth-order valence-corrected chi connectivity index (χ4v) is 4.43. The third kappa shape index (κ3) is 3.79. The first kappa shape index (κ1) is 17.9. The van der Waals surface area contributed by atoms with Gasteiger partial charge < -0.3 is 0 Å². The Balaban J connectivity index is 1.51. The molecule has 0 bridgehead atoms. The maximum Gasteiger partial charge on any atom is 0.214 e. The Morgan fingerprint density at radius 1 is 1.04 bits per heavy atom. The quantitative estimate of drug-likeness (QED) is 0.446. The minimum Gasteiger partial charge on any atom is -0.240 e. The normalized spacial score (nSPS) is 11.1. The lowest BCUT2D eigenvalue weighted by atomic mass is 10.1. The smallest absolute Gasteiger partial charge is 0.214 e. The van der Waals surface area contributed by atoms with Crippen LogP contribution < -0.4 is 0 Å². The number of nitrogens with zero attached hydrogens (tertiary/aromatic N) is 5. The fraction of sp³-hybridized carbons (Fsp3) is 0.200. The Morgan fingerprint density at radius 2 is 1.85 bits per heavy atom. The molecule has 136 valence electrons. The first-order chi connectivity index (χ1) is 13.1. The van der Waals surface area contributed by atoms with Gasteiger partial charge in [0, 0.05) is 16.7 Å². The van der Waals surface area contributed by atoms with E-state index in [4.69, 9.17) is 4.98 Å². The van der Waals surface area contributed by atoms with E-state index < -0.39 is 0 Å². The second-order valence-corrected chi connectivity index (χ2v) is 8.19. The molecule has 0 radical (unpaired) electrons. The van der Waals surface area contributed by atoms with Gasteiger partial charge in [-0.2, -0.15) is 4.68 Å². The van der Waals surface area contributed by atoms with Crippen LogP contribution in [0.2, 0.25) is 0 Å². The molecule has 0 N–H and O–H groups in total. The summed E-state index contributed by atoms with van der Waals surface area (Å²) in [5.41, 5.74) is 6.87. The summed E-state index contributed by atoms with van der Waals surface area (Å²) in [4.78, 5) is 4.76. The molecule has 0 aliphatic heterocycles. The zero-order chi connectivity index (χ0) is 18.8. The molecule has 0 saturated carbocycles. The molecule has 0 unspecified atom stereocenters. The van der Waals surface area contributed by atoms with Crippen molar-refractivity contribution in [1.82, 2.24) is 25.2 Å². The monoisotopic (exact) mass is 393 g/mol. The maximum atomic E-state index is 4.76. The molecule has 0 amide bonds. The molecule has 0 aliphatic carbocycles. The molecule has 4 rings (SSSR count). The molecule has 2 heterocycles. The average molecular weight is 394 g/mol. The van der Waals surface area contributed by atoms with Gasteiger partial charge >= 0.3 is 0 Å². The van der Waals surface area contributed by atoms with Gasteiger partial charge in [-0.1, -0.05) is 53.7 Å². The molecular weight excluding hydrogens is 374 g/mol. The predicted molar refractivity (Wildman–Crippen MR) is 110 cm³/mol. The van der Waals surface area contributed by atoms with Gasteiger partial charge in [0.15, 0.2) is 0 Å². The summed E-state index contributed by atoms with van der Waals surface area (Å²) in [6, 6.07) is 14.6. The molecule has 0 atom stereocenters. The maximum absolute atomic E-state index is 4.76. The van der Waals surface area contributed by atoms with Crippen molar-refractivity contribution in [2.75, 3.05) is 0 Å². The van der Waals surface area contributed by atoms with Crippen LogP contribution in [0.1, 0.15) is 22.4 Å². The van der Waals surface area contributed by atoms with Gasteiger partial charge in [-0.05, 0) is 48.4 Å². The first-order valence-corrected chi connectivity index (χ1v) is 10.5. The van der Waals surface area contributed by atoms with Crippen LogP contribution in [0, 0.1) is 20.8 Å². The summed E-state index contributed by atoms with van der Waals surface area (Å²) < 4.78 is 1.81. The summed E-state index contributed by atoms with van der Waals surface area (Å²) in [6.45, 7) is 6.28. The Labute approximate surface area is 166 Å². The fourth-order valence-electron chi connectivity index (χ4n) is 2.73. The van der Waals surface area contributed by atoms with Crippen molar-refractivity contribution in [3.05, 3.63) is 70.2 Å². The van der Waals surface area contributed by atoms with Crippen molar-refractivity contribution in [2.24, 2.45) is 0 Å². The number of tetrazole rings is 1. The SMILES string of the molecule is Cc1ccc(-c2nc(CSc3nnnn3-c3cccc(C)c3C)cs2)cc1. The Kier molecular flexibility index (Phi) is 5.05. The van der Waals surface area contributed by atoms with Gasteiger partial charge in [-0.3, -0.25) is 0 Å². The third-order valence-corrected chi connectivity index (χ3v) is 6.34. The van der Waals surface area contributed by atoms with Gasteiger partial charge in [0.2, 0.25) is 5.16 Å². The summed E-state index contributed by atoms with van der Waals surface area (Å²) in [5, 5.41) is 16.2. The largest absolute Gasteiger partial charge is 0.240 e. The highest BCUT2D eigenvalue weighted by molar-refractivity contribution is 7.98. The van der Waals surface area contributed by atoms with Crippen molar-refractivity contribution in [1.29, 1.82) is 0 Å². The van der Waals surface area contributed by atoms with Gasteiger partial charge in [0.05, 0.1) is 11.4 Å². The number of hydrogen-bond acceptors (Lipinski definition) is 6. The molecule has 2 aromatic carbocycles. The molecule has 4 aromatic rings. The van der Waals surface area contributed by atoms with Crippen molar-refractivity contribution >= 4 is 23.1 Å². The second kappa shape index (κ2) is 7.62. The first-order valence-electron chi connectivity index (χ1n) is 8.61. The molecule has 0 spiro atoms. The van der Waals surface area contributed by atoms with E-state index >= 15 is 0 Å². The van der Waals surface area contributed by atoms with Crippen molar-refractivity contribution in [3.8, 4) is 16.3 Å². The van der Waals surface area contributed by atoms with Crippen molar-refractivity contribution < 1.29 is 0 Å². The third-order valence-electron chi connectivity index (χ3n) is 4.44. The van der Waals surface area contributed by atoms with E-state index in [9.17, 15) is 0 Å². The number of aryl methyl sites for hydroxylation is 2. The van der Waals surface area contributed by atoms with Crippen LogP contribution in [-0.4, -0.2) is 25.2 Å². The lowest BCUT2D eigenvalue weighted by Crippen LogP contribution is -2.02. The summed E-state index contributed by atoms with van der Waals surface area (Å²) in [5.74, 6) is 0.730. The van der Waals surface area contributed by atoms with E-state index in [0.29, 0.717) is 0 Å². The van der Waals surface area contributed by atoms with E-state index in [0.717, 1.165) is 32.9 Å². The number of thiazole rings is 1. The summed E-state index contributed by atoms with van der Waals surface area (Å²) in [7, 11) is 0. The molecular formula is C20H19N5S2. The average Bonchev–Trinajstić information content (AvgIpc) is 3.32. The van der Waals surface area contributed by atoms with Crippen molar-refractivity contribution in [2.45, 2.75) is 31.7 Å². The van der Waals surface area contributed by atoms with Gasteiger partial charge in [-0.15, -0.1) is 16.4 Å². The highest BCUT2D eigenvalue weighted by Gasteiger charge is 2.13. The van der Waals surface area contributed by atoms with Crippen LogP contribution in [0.4, 0.5) is 0 Å². The Morgan fingerprint density at radius 3 is 2.67 bits per heavy atom. The van der Waals surface area contributed by atoms with Crippen LogP contribution in [0.25, 0.3) is 16.3 Å². The molecule has 0 fully saturated rings. The molecule has 0 aliphatic rings. The molecule has 7 heteroatoms. The van der Waals surface area contributed by atoms with E-state index in [2.05, 4.69) is 72.0 Å². The molecule has 27 heavy (non-hydrogen) atoms. The second-order valence-electron chi connectivity index (χ2n) is 6.39. The van der Waals surface area contributed by atoms with Gasteiger partial charge in [0.25, 0.3) is 0 Å². The molecule has 0 saturated heterocycles. The van der Waals surface area contributed by atoms with Crippen LogP contribution in [0.3, 0.4) is 0 Å². The van der Waals surface area contributed by atoms with Crippen LogP contribution in [0.15, 0.2) is 53.0 Å². The van der Waals surface area contributed by atoms with E-state index in [1.807, 2.05) is 12.1 Å².